The molecule has 0 unspecified atom stereocenters. The van der Waals surface area contributed by atoms with E-state index in [0.717, 1.165) is 0 Å². The minimum absolute atomic E-state index is 0.134. The van der Waals surface area contributed by atoms with E-state index in [1.165, 1.54) is 4.90 Å². The van der Waals surface area contributed by atoms with Crippen LogP contribution >= 0.6 is 0 Å². The van der Waals surface area contributed by atoms with Crippen LogP contribution in [0.1, 0.15) is 20.8 Å². The van der Waals surface area contributed by atoms with Crippen molar-refractivity contribution in [2.75, 3.05) is 32.9 Å². The standard InChI is InChI=1S/C11H21NO5/c1-10(2,3)17-9(15)12-4-5-16-11(6-12,7-13)8-14/h13-14H,4-8H2,1-3H3. The number of morpholine rings is 1. The number of hydrogen-bond donors (Lipinski definition) is 2. The fraction of sp³-hybridized carbons (Fsp3) is 0.909. The van der Waals surface area contributed by atoms with Gasteiger partial charge in [-0.1, -0.05) is 0 Å². The highest BCUT2D eigenvalue weighted by Crippen LogP contribution is 2.19. The third-order valence-electron chi connectivity index (χ3n) is 2.48. The molecule has 6 heteroatoms. The van der Waals surface area contributed by atoms with E-state index in [4.69, 9.17) is 9.47 Å². The van der Waals surface area contributed by atoms with Gasteiger partial charge in [0.1, 0.15) is 11.2 Å². The van der Waals surface area contributed by atoms with Gasteiger partial charge in [0.15, 0.2) is 0 Å². The Balaban J connectivity index is 2.63. The number of hydrogen-bond acceptors (Lipinski definition) is 5. The minimum atomic E-state index is -1.07. The lowest BCUT2D eigenvalue weighted by atomic mass is 10.0. The fourth-order valence-electron chi connectivity index (χ4n) is 1.57. The van der Waals surface area contributed by atoms with Crippen LogP contribution in [-0.2, 0) is 9.47 Å². The van der Waals surface area contributed by atoms with Gasteiger partial charge in [-0.05, 0) is 20.8 Å². The number of ether oxygens (including phenoxy) is 2. The van der Waals surface area contributed by atoms with Crippen molar-refractivity contribution in [3.05, 3.63) is 0 Å². The van der Waals surface area contributed by atoms with Gasteiger partial charge in [0.05, 0.1) is 26.4 Å². The summed E-state index contributed by atoms with van der Waals surface area (Å²) in [5, 5.41) is 18.4. The molecule has 1 fully saturated rings. The summed E-state index contributed by atoms with van der Waals surface area (Å²) in [6, 6.07) is 0. The zero-order chi connectivity index (χ0) is 13.1. The second-order valence-electron chi connectivity index (χ2n) is 5.25. The number of amides is 1. The van der Waals surface area contributed by atoms with Crippen LogP contribution in [0.2, 0.25) is 0 Å². The Morgan fingerprint density at radius 3 is 2.47 bits per heavy atom. The third-order valence-corrected chi connectivity index (χ3v) is 2.48. The van der Waals surface area contributed by atoms with E-state index >= 15 is 0 Å². The average Bonchev–Trinajstić information content (AvgIpc) is 2.27. The zero-order valence-electron chi connectivity index (χ0n) is 10.6. The first-order chi connectivity index (χ1) is 7.82. The van der Waals surface area contributed by atoms with E-state index < -0.39 is 17.3 Å². The van der Waals surface area contributed by atoms with E-state index in [9.17, 15) is 15.0 Å². The van der Waals surface area contributed by atoms with Gasteiger partial charge in [0.2, 0.25) is 0 Å². The molecule has 0 spiro atoms. The maximum absolute atomic E-state index is 11.8. The Bertz CT molecular complexity index is 270. The van der Waals surface area contributed by atoms with Crippen LogP contribution < -0.4 is 0 Å². The molecule has 6 nitrogen and oxygen atoms in total. The van der Waals surface area contributed by atoms with Crippen LogP contribution in [0.3, 0.4) is 0 Å². The van der Waals surface area contributed by atoms with Gasteiger partial charge < -0.3 is 24.6 Å². The van der Waals surface area contributed by atoms with Gasteiger partial charge in [-0.3, -0.25) is 0 Å². The molecule has 1 aliphatic rings. The van der Waals surface area contributed by atoms with E-state index in [-0.39, 0.29) is 26.4 Å². The van der Waals surface area contributed by atoms with Crippen molar-refractivity contribution in [2.45, 2.75) is 32.0 Å². The largest absolute Gasteiger partial charge is 0.444 e. The molecule has 0 aromatic heterocycles. The molecule has 1 heterocycles. The van der Waals surface area contributed by atoms with Gasteiger partial charge in [0.25, 0.3) is 0 Å². The number of nitrogens with zero attached hydrogens (tertiary/aromatic N) is 1. The third kappa shape index (κ3) is 3.83. The molecule has 1 rings (SSSR count). The smallest absolute Gasteiger partial charge is 0.410 e. The number of rotatable bonds is 2. The van der Waals surface area contributed by atoms with Crippen LogP contribution in [-0.4, -0.2) is 65.3 Å². The van der Waals surface area contributed by atoms with E-state index in [0.29, 0.717) is 6.54 Å². The van der Waals surface area contributed by atoms with Crippen LogP contribution in [0.5, 0.6) is 0 Å². The topological polar surface area (TPSA) is 79.2 Å². The summed E-state index contributed by atoms with van der Waals surface area (Å²) in [7, 11) is 0. The molecule has 2 N–H and O–H groups in total. The Morgan fingerprint density at radius 2 is 2.00 bits per heavy atom. The molecular formula is C11H21NO5. The molecule has 1 aliphatic heterocycles. The van der Waals surface area contributed by atoms with E-state index in [1.54, 1.807) is 20.8 Å². The SMILES string of the molecule is CC(C)(C)OC(=O)N1CCOC(CO)(CO)C1. The normalized spacial score (nSPS) is 20.2. The van der Waals surface area contributed by atoms with Crippen LogP contribution in [0.15, 0.2) is 0 Å². The number of aliphatic hydroxyl groups excluding tert-OH is 2. The second-order valence-corrected chi connectivity index (χ2v) is 5.25. The van der Waals surface area contributed by atoms with Crippen molar-refractivity contribution < 1.29 is 24.5 Å². The highest BCUT2D eigenvalue weighted by atomic mass is 16.6. The lowest BCUT2D eigenvalue weighted by Gasteiger charge is -2.40. The van der Waals surface area contributed by atoms with E-state index in [2.05, 4.69) is 0 Å². The highest BCUT2D eigenvalue weighted by molar-refractivity contribution is 5.68. The fourth-order valence-corrected chi connectivity index (χ4v) is 1.57. The van der Waals surface area contributed by atoms with Crippen molar-refractivity contribution >= 4 is 6.09 Å². The molecule has 17 heavy (non-hydrogen) atoms. The van der Waals surface area contributed by atoms with Crippen LogP contribution in [0.4, 0.5) is 4.79 Å². The van der Waals surface area contributed by atoms with Crippen molar-refractivity contribution in [1.29, 1.82) is 0 Å². The summed E-state index contributed by atoms with van der Waals surface area (Å²) in [5.74, 6) is 0. The Labute approximate surface area is 101 Å². The van der Waals surface area contributed by atoms with Crippen LogP contribution in [0, 0.1) is 0 Å². The Morgan fingerprint density at radius 1 is 1.41 bits per heavy atom. The summed E-state index contributed by atoms with van der Waals surface area (Å²) < 4.78 is 10.6. The first kappa shape index (κ1) is 14.2. The average molecular weight is 247 g/mol. The molecular weight excluding hydrogens is 226 g/mol. The molecule has 0 saturated carbocycles. The lowest BCUT2D eigenvalue weighted by Crippen LogP contribution is -2.58. The highest BCUT2D eigenvalue weighted by Gasteiger charge is 2.38. The molecule has 0 aliphatic carbocycles. The first-order valence-electron chi connectivity index (χ1n) is 5.65. The maximum atomic E-state index is 11.8. The number of aliphatic hydroxyl groups is 2. The zero-order valence-corrected chi connectivity index (χ0v) is 10.6. The molecule has 100 valence electrons. The van der Waals surface area contributed by atoms with Crippen molar-refractivity contribution in [2.24, 2.45) is 0 Å². The predicted octanol–water partition coefficient (Wildman–Crippen LogP) is -0.0229. The minimum Gasteiger partial charge on any atom is -0.444 e. The molecule has 0 aromatic carbocycles. The monoisotopic (exact) mass is 247 g/mol. The van der Waals surface area contributed by atoms with Crippen LogP contribution in [0.25, 0.3) is 0 Å². The van der Waals surface area contributed by atoms with Crippen molar-refractivity contribution in [3.63, 3.8) is 0 Å². The van der Waals surface area contributed by atoms with E-state index in [1.807, 2.05) is 0 Å². The number of carbonyl (C=O) groups is 1. The summed E-state index contributed by atoms with van der Waals surface area (Å²) in [5.41, 5.74) is -1.63. The lowest BCUT2D eigenvalue weighted by molar-refractivity contribution is -0.150. The summed E-state index contributed by atoms with van der Waals surface area (Å²) in [6.45, 7) is 5.52. The van der Waals surface area contributed by atoms with Gasteiger partial charge in [-0.2, -0.15) is 0 Å². The van der Waals surface area contributed by atoms with Gasteiger partial charge in [-0.15, -0.1) is 0 Å². The quantitative estimate of drug-likeness (QED) is 0.716. The Kier molecular flexibility index (Phi) is 4.35. The maximum Gasteiger partial charge on any atom is 0.410 e. The van der Waals surface area contributed by atoms with Gasteiger partial charge in [0, 0.05) is 6.54 Å². The molecule has 0 bridgehead atoms. The molecule has 0 aromatic rings. The predicted molar refractivity (Wildman–Crippen MR) is 60.7 cm³/mol. The van der Waals surface area contributed by atoms with Gasteiger partial charge >= 0.3 is 6.09 Å². The van der Waals surface area contributed by atoms with Gasteiger partial charge in [-0.25, -0.2) is 4.79 Å². The molecule has 1 saturated heterocycles. The summed E-state index contributed by atoms with van der Waals surface area (Å²) in [6.07, 6.45) is -0.452. The molecule has 0 radical (unpaired) electrons. The second kappa shape index (κ2) is 5.20. The van der Waals surface area contributed by atoms with Crippen molar-refractivity contribution in [3.8, 4) is 0 Å². The molecule has 0 atom stereocenters. The molecule has 1 amide bonds. The summed E-state index contributed by atoms with van der Waals surface area (Å²) >= 11 is 0. The Hall–Kier alpha value is -0.850. The number of carbonyl (C=O) groups excluding carboxylic acids is 1. The first-order valence-corrected chi connectivity index (χ1v) is 5.65. The summed E-state index contributed by atoms with van der Waals surface area (Å²) in [4.78, 5) is 13.3. The van der Waals surface area contributed by atoms with Crippen molar-refractivity contribution in [1.82, 2.24) is 4.90 Å².